The van der Waals surface area contributed by atoms with Crippen molar-refractivity contribution in [1.82, 2.24) is 0 Å². The van der Waals surface area contributed by atoms with Crippen molar-refractivity contribution in [3.05, 3.63) is 0 Å². The van der Waals surface area contributed by atoms with E-state index in [4.69, 9.17) is 0 Å². The van der Waals surface area contributed by atoms with Gasteiger partial charge in [0.1, 0.15) is 0 Å². The normalized spacial score (nSPS) is 34.2. The quantitative estimate of drug-likeness (QED) is 0.572. The Kier molecular flexibility index (Phi) is 1.43. The lowest BCUT2D eigenvalue weighted by Crippen LogP contribution is -2.50. The molecule has 0 N–H and O–H groups in total. The standard InChI is InChI=1S/C9H15Br/c1-8(4-2-5-8)9(10)6-3-7-9/h2-7H2,1H3. The van der Waals surface area contributed by atoms with E-state index in [2.05, 4.69) is 22.9 Å². The lowest BCUT2D eigenvalue weighted by molar-refractivity contribution is 0.0551. The van der Waals surface area contributed by atoms with Crippen molar-refractivity contribution in [3.8, 4) is 0 Å². The van der Waals surface area contributed by atoms with Crippen LogP contribution in [0.15, 0.2) is 0 Å². The van der Waals surface area contributed by atoms with Gasteiger partial charge >= 0.3 is 0 Å². The zero-order valence-corrected chi connectivity index (χ0v) is 8.21. The van der Waals surface area contributed by atoms with Crippen LogP contribution in [0.3, 0.4) is 0 Å². The summed E-state index contributed by atoms with van der Waals surface area (Å²) in [5.41, 5.74) is 0.672. The van der Waals surface area contributed by atoms with E-state index < -0.39 is 0 Å². The highest BCUT2D eigenvalue weighted by Gasteiger charge is 2.52. The highest BCUT2D eigenvalue weighted by molar-refractivity contribution is 9.10. The van der Waals surface area contributed by atoms with Crippen molar-refractivity contribution in [3.63, 3.8) is 0 Å². The van der Waals surface area contributed by atoms with Crippen LogP contribution in [-0.4, -0.2) is 4.32 Å². The number of hydrogen-bond acceptors (Lipinski definition) is 0. The molecular formula is C9H15Br. The van der Waals surface area contributed by atoms with Gasteiger partial charge in [0.05, 0.1) is 0 Å². The molecule has 0 heterocycles. The van der Waals surface area contributed by atoms with Gasteiger partial charge in [0.15, 0.2) is 0 Å². The molecule has 0 aromatic carbocycles. The maximum Gasteiger partial charge on any atom is 0.0311 e. The third kappa shape index (κ3) is 0.731. The van der Waals surface area contributed by atoms with E-state index in [-0.39, 0.29) is 0 Å². The van der Waals surface area contributed by atoms with Crippen molar-refractivity contribution in [2.45, 2.75) is 49.8 Å². The molecule has 0 aromatic heterocycles. The second-order valence-corrected chi connectivity index (χ2v) is 5.75. The van der Waals surface area contributed by atoms with Gasteiger partial charge in [0.25, 0.3) is 0 Å². The van der Waals surface area contributed by atoms with Gasteiger partial charge in [-0.3, -0.25) is 0 Å². The summed E-state index contributed by atoms with van der Waals surface area (Å²) in [6.45, 7) is 2.45. The maximum atomic E-state index is 3.90. The fourth-order valence-electron chi connectivity index (χ4n) is 2.25. The molecule has 58 valence electrons. The van der Waals surface area contributed by atoms with E-state index in [0.29, 0.717) is 9.74 Å². The topological polar surface area (TPSA) is 0 Å². The van der Waals surface area contributed by atoms with E-state index in [0.717, 1.165) is 0 Å². The van der Waals surface area contributed by atoms with Crippen LogP contribution in [-0.2, 0) is 0 Å². The molecule has 2 aliphatic carbocycles. The molecule has 0 nitrogen and oxygen atoms in total. The van der Waals surface area contributed by atoms with Crippen LogP contribution in [0.4, 0.5) is 0 Å². The van der Waals surface area contributed by atoms with Crippen LogP contribution in [0.25, 0.3) is 0 Å². The highest BCUT2D eigenvalue weighted by Crippen LogP contribution is 2.61. The molecule has 0 bridgehead atoms. The van der Waals surface area contributed by atoms with Crippen molar-refractivity contribution in [1.29, 1.82) is 0 Å². The Morgan fingerprint density at radius 1 is 1.00 bits per heavy atom. The van der Waals surface area contributed by atoms with Crippen LogP contribution in [0, 0.1) is 5.41 Å². The minimum absolute atomic E-state index is 0.568. The van der Waals surface area contributed by atoms with E-state index >= 15 is 0 Å². The molecule has 10 heavy (non-hydrogen) atoms. The van der Waals surface area contributed by atoms with Crippen molar-refractivity contribution in [2.75, 3.05) is 0 Å². The molecule has 0 spiro atoms. The fourth-order valence-corrected chi connectivity index (χ4v) is 3.20. The predicted octanol–water partition coefficient (Wildman–Crippen LogP) is 3.49. The Hall–Kier alpha value is 0.480. The van der Waals surface area contributed by atoms with Gasteiger partial charge in [-0.2, -0.15) is 0 Å². The summed E-state index contributed by atoms with van der Waals surface area (Å²) in [6.07, 6.45) is 8.66. The zero-order chi connectivity index (χ0) is 7.24. The molecule has 0 aromatic rings. The lowest BCUT2D eigenvalue weighted by atomic mass is 9.56. The first-order chi connectivity index (χ1) is 4.66. The average Bonchev–Trinajstić information content (AvgIpc) is 1.77. The van der Waals surface area contributed by atoms with Gasteiger partial charge in [-0.05, 0) is 31.1 Å². The van der Waals surface area contributed by atoms with Gasteiger partial charge in [0, 0.05) is 4.32 Å². The summed E-state index contributed by atoms with van der Waals surface area (Å²) >= 11 is 3.90. The highest BCUT2D eigenvalue weighted by atomic mass is 79.9. The molecule has 0 atom stereocenters. The van der Waals surface area contributed by atoms with Gasteiger partial charge in [-0.1, -0.05) is 35.7 Å². The second kappa shape index (κ2) is 2.00. The Bertz CT molecular complexity index is 125. The minimum atomic E-state index is 0.568. The van der Waals surface area contributed by atoms with E-state index in [9.17, 15) is 0 Å². The van der Waals surface area contributed by atoms with E-state index in [1.165, 1.54) is 38.5 Å². The molecule has 2 fully saturated rings. The van der Waals surface area contributed by atoms with Crippen LogP contribution in [0.2, 0.25) is 0 Å². The van der Waals surface area contributed by atoms with Crippen LogP contribution < -0.4 is 0 Å². The van der Waals surface area contributed by atoms with Crippen LogP contribution in [0.5, 0.6) is 0 Å². The van der Waals surface area contributed by atoms with Crippen LogP contribution in [0.1, 0.15) is 45.4 Å². The first-order valence-corrected chi connectivity index (χ1v) is 5.15. The number of rotatable bonds is 1. The Morgan fingerprint density at radius 3 is 1.60 bits per heavy atom. The van der Waals surface area contributed by atoms with Gasteiger partial charge < -0.3 is 0 Å². The summed E-state index contributed by atoms with van der Waals surface area (Å²) < 4.78 is 0.568. The van der Waals surface area contributed by atoms with E-state index in [1.54, 1.807) is 0 Å². The Morgan fingerprint density at radius 2 is 1.50 bits per heavy atom. The molecule has 0 amide bonds. The fraction of sp³-hybridized carbons (Fsp3) is 1.00. The van der Waals surface area contributed by atoms with Gasteiger partial charge in [-0.25, -0.2) is 0 Å². The maximum absolute atomic E-state index is 3.90. The summed E-state index contributed by atoms with van der Waals surface area (Å²) in [6, 6.07) is 0. The molecule has 2 aliphatic rings. The van der Waals surface area contributed by atoms with Gasteiger partial charge in [0.2, 0.25) is 0 Å². The third-order valence-corrected chi connectivity index (χ3v) is 5.44. The van der Waals surface area contributed by atoms with Gasteiger partial charge in [-0.15, -0.1) is 0 Å². The molecule has 2 saturated carbocycles. The summed E-state index contributed by atoms with van der Waals surface area (Å²) in [7, 11) is 0. The smallest absolute Gasteiger partial charge is 0.0311 e. The molecule has 0 aliphatic heterocycles. The SMILES string of the molecule is CC1(C2(Br)CCC2)CCC1. The predicted molar refractivity (Wildman–Crippen MR) is 47.5 cm³/mol. The number of hydrogen-bond donors (Lipinski definition) is 0. The number of alkyl halides is 1. The minimum Gasteiger partial charge on any atom is -0.0847 e. The molecule has 0 saturated heterocycles. The first kappa shape index (κ1) is 7.15. The van der Waals surface area contributed by atoms with Crippen molar-refractivity contribution < 1.29 is 0 Å². The Balaban J connectivity index is 2.08. The second-order valence-electron chi connectivity index (χ2n) is 4.23. The summed E-state index contributed by atoms with van der Waals surface area (Å²) in [4.78, 5) is 0. The Labute approximate surface area is 71.5 Å². The number of halogens is 1. The molecule has 0 unspecified atom stereocenters. The van der Waals surface area contributed by atoms with E-state index in [1.807, 2.05) is 0 Å². The average molecular weight is 203 g/mol. The van der Waals surface area contributed by atoms with Crippen molar-refractivity contribution in [2.24, 2.45) is 5.41 Å². The molecule has 2 rings (SSSR count). The molecule has 0 radical (unpaired) electrons. The van der Waals surface area contributed by atoms with Crippen LogP contribution >= 0.6 is 15.9 Å². The zero-order valence-electron chi connectivity index (χ0n) is 6.62. The largest absolute Gasteiger partial charge is 0.0847 e. The monoisotopic (exact) mass is 202 g/mol. The molecule has 1 heteroatoms. The third-order valence-electron chi connectivity index (χ3n) is 3.68. The summed E-state index contributed by atoms with van der Waals surface area (Å²) in [5, 5.41) is 0. The summed E-state index contributed by atoms with van der Waals surface area (Å²) in [5.74, 6) is 0. The first-order valence-electron chi connectivity index (χ1n) is 4.35. The molecular weight excluding hydrogens is 188 g/mol. The lowest BCUT2D eigenvalue weighted by Gasteiger charge is -2.56. The van der Waals surface area contributed by atoms with Crippen molar-refractivity contribution >= 4 is 15.9 Å².